The van der Waals surface area contributed by atoms with Crippen LogP contribution in [-0.2, 0) is 9.84 Å². The van der Waals surface area contributed by atoms with Gasteiger partial charge >= 0.3 is 0 Å². The van der Waals surface area contributed by atoms with Crippen molar-refractivity contribution in [2.45, 2.75) is 30.2 Å². The zero-order chi connectivity index (χ0) is 13.2. The van der Waals surface area contributed by atoms with Gasteiger partial charge in [-0.1, -0.05) is 0 Å². The molecule has 0 atom stereocenters. The first-order chi connectivity index (χ1) is 8.39. The number of hydrogen-bond acceptors (Lipinski definition) is 4. The molecule has 0 saturated carbocycles. The molecule has 0 aromatic heterocycles. The number of sulfone groups is 1. The van der Waals surface area contributed by atoms with Crippen molar-refractivity contribution in [2.75, 3.05) is 24.7 Å². The van der Waals surface area contributed by atoms with Gasteiger partial charge in [0.1, 0.15) is 0 Å². The van der Waals surface area contributed by atoms with Gasteiger partial charge in [-0.2, -0.15) is 0 Å². The van der Waals surface area contributed by atoms with Crippen LogP contribution in [0.3, 0.4) is 0 Å². The van der Waals surface area contributed by atoms with Crippen molar-refractivity contribution in [1.29, 1.82) is 0 Å². The molecule has 1 heterocycles. The lowest BCUT2D eigenvalue weighted by atomic mass is 9.90. The average Bonchev–Trinajstić information content (AvgIpc) is 2.29. The van der Waals surface area contributed by atoms with Crippen molar-refractivity contribution >= 4 is 27.9 Å². The van der Waals surface area contributed by atoms with Crippen LogP contribution in [0.4, 0.5) is 5.69 Å². The van der Waals surface area contributed by atoms with Gasteiger partial charge in [-0.15, -0.1) is 12.4 Å². The molecular weight excluding hydrogens is 284 g/mol. The third-order valence-corrected chi connectivity index (χ3v) is 4.56. The van der Waals surface area contributed by atoms with E-state index in [0.29, 0.717) is 4.90 Å². The summed E-state index contributed by atoms with van der Waals surface area (Å²) < 4.78 is 22.7. The molecule has 4 nitrogen and oxygen atoms in total. The Balaban J connectivity index is 0.00000180. The van der Waals surface area contributed by atoms with E-state index in [2.05, 4.69) is 17.6 Å². The van der Waals surface area contributed by atoms with Crippen molar-refractivity contribution in [2.24, 2.45) is 0 Å². The van der Waals surface area contributed by atoms with E-state index < -0.39 is 9.84 Å². The Morgan fingerprint density at radius 2 is 1.68 bits per heavy atom. The third kappa shape index (κ3) is 4.37. The van der Waals surface area contributed by atoms with Crippen LogP contribution in [0.25, 0.3) is 0 Å². The van der Waals surface area contributed by atoms with Crippen LogP contribution in [-0.4, -0.2) is 33.3 Å². The summed E-state index contributed by atoms with van der Waals surface area (Å²) in [4.78, 5) is 0.364. The minimum atomic E-state index is -3.11. The standard InChI is InChI=1S/C13H20N2O2S.ClH/c1-13(7-9-14-10-8-13)15-11-3-5-12(6-4-11)18(2,16)17;/h3-6,14-15H,7-10H2,1-2H3;1H. The molecule has 1 aliphatic heterocycles. The first-order valence-corrected chi connectivity index (χ1v) is 8.07. The van der Waals surface area contributed by atoms with Crippen LogP contribution >= 0.6 is 12.4 Å². The maximum atomic E-state index is 11.4. The number of hydrogen-bond donors (Lipinski definition) is 2. The first kappa shape index (κ1) is 16.3. The summed E-state index contributed by atoms with van der Waals surface area (Å²) in [6, 6.07) is 6.98. The lowest BCUT2D eigenvalue weighted by Crippen LogP contribution is -2.45. The number of benzene rings is 1. The van der Waals surface area contributed by atoms with E-state index in [4.69, 9.17) is 0 Å². The van der Waals surface area contributed by atoms with Crippen LogP contribution in [0, 0.1) is 0 Å². The molecular formula is C13H21ClN2O2S. The van der Waals surface area contributed by atoms with Crippen LogP contribution in [0.1, 0.15) is 19.8 Å². The molecule has 1 aliphatic rings. The average molecular weight is 305 g/mol. The molecule has 0 aliphatic carbocycles. The maximum Gasteiger partial charge on any atom is 0.175 e. The van der Waals surface area contributed by atoms with Crippen molar-refractivity contribution in [1.82, 2.24) is 5.32 Å². The Morgan fingerprint density at radius 1 is 1.16 bits per heavy atom. The number of halogens is 1. The van der Waals surface area contributed by atoms with Gasteiger partial charge in [-0.3, -0.25) is 0 Å². The fourth-order valence-corrected chi connectivity index (χ4v) is 2.87. The predicted octanol–water partition coefficient (Wildman–Crippen LogP) is 2.07. The summed E-state index contributed by atoms with van der Waals surface area (Å²) in [6.07, 6.45) is 3.37. The van der Waals surface area contributed by atoms with E-state index in [1.807, 2.05) is 12.1 Å². The molecule has 0 unspecified atom stereocenters. The van der Waals surface area contributed by atoms with Gasteiger partial charge in [-0.25, -0.2) is 8.42 Å². The molecule has 19 heavy (non-hydrogen) atoms. The zero-order valence-corrected chi connectivity index (χ0v) is 12.9. The normalized spacial score (nSPS) is 18.4. The van der Waals surface area contributed by atoms with E-state index in [9.17, 15) is 8.42 Å². The second kappa shape index (κ2) is 6.11. The van der Waals surface area contributed by atoms with Gasteiger partial charge in [0.05, 0.1) is 4.90 Å². The largest absolute Gasteiger partial charge is 0.380 e. The molecule has 1 aromatic carbocycles. The Hall–Kier alpha value is -0.780. The molecule has 0 spiro atoms. The predicted molar refractivity (Wildman–Crippen MR) is 80.9 cm³/mol. The van der Waals surface area contributed by atoms with Crippen LogP contribution in [0.5, 0.6) is 0 Å². The Morgan fingerprint density at radius 3 is 2.16 bits per heavy atom. The van der Waals surface area contributed by atoms with Crippen molar-refractivity contribution in [3.8, 4) is 0 Å². The molecule has 2 rings (SSSR count). The van der Waals surface area contributed by atoms with E-state index in [-0.39, 0.29) is 17.9 Å². The molecule has 108 valence electrons. The van der Waals surface area contributed by atoms with Crippen LogP contribution < -0.4 is 10.6 Å². The number of anilines is 1. The highest BCUT2D eigenvalue weighted by atomic mass is 35.5. The molecule has 2 N–H and O–H groups in total. The maximum absolute atomic E-state index is 11.4. The van der Waals surface area contributed by atoms with E-state index in [1.165, 1.54) is 6.26 Å². The quantitative estimate of drug-likeness (QED) is 0.897. The van der Waals surface area contributed by atoms with E-state index >= 15 is 0 Å². The second-order valence-electron chi connectivity index (χ2n) is 5.23. The van der Waals surface area contributed by atoms with Crippen molar-refractivity contribution in [3.05, 3.63) is 24.3 Å². The molecule has 6 heteroatoms. The number of piperidine rings is 1. The van der Waals surface area contributed by atoms with Crippen molar-refractivity contribution in [3.63, 3.8) is 0 Å². The highest BCUT2D eigenvalue weighted by Gasteiger charge is 2.26. The Labute approximate surface area is 121 Å². The highest BCUT2D eigenvalue weighted by Crippen LogP contribution is 2.24. The Kier molecular flexibility index (Phi) is 5.24. The molecule has 1 fully saturated rings. The van der Waals surface area contributed by atoms with E-state index in [1.54, 1.807) is 12.1 Å². The zero-order valence-electron chi connectivity index (χ0n) is 11.3. The van der Waals surface area contributed by atoms with E-state index in [0.717, 1.165) is 31.6 Å². The second-order valence-corrected chi connectivity index (χ2v) is 7.25. The summed E-state index contributed by atoms with van der Waals surface area (Å²) >= 11 is 0. The monoisotopic (exact) mass is 304 g/mol. The summed E-state index contributed by atoms with van der Waals surface area (Å²) in [5.41, 5.74) is 1.07. The smallest absolute Gasteiger partial charge is 0.175 e. The summed E-state index contributed by atoms with van der Waals surface area (Å²) in [5.74, 6) is 0. The minimum absolute atomic E-state index is 0. The Bertz CT molecular complexity index is 508. The van der Waals surface area contributed by atoms with Gasteiger partial charge in [0.25, 0.3) is 0 Å². The van der Waals surface area contributed by atoms with Gasteiger partial charge in [0.2, 0.25) is 0 Å². The summed E-state index contributed by atoms with van der Waals surface area (Å²) in [5, 5.41) is 6.84. The van der Waals surface area contributed by atoms with Gasteiger partial charge in [-0.05, 0) is 57.1 Å². The van der Waals surface area contributed by atoms with Crippen LogP contribution in [0.15, 0.2) is 29.2 Å². The van der Waals surface area contributed by atoms with Gasteiger partial charge < -0.3 is 10.6 Å². The summed E-state index contributed by atoms with van der Waals surface area (Å²) in [6.45, 7) is 4.24. The fraction of sp³-hybridized carbons (Fsp3) is 0.538. The lowest BCUT2D eigenvalue weighted by Gasteiger charge is -2.36. The van der Waals surface area contributed by atoms with Gasteiger partial charge in [0, 0.05) is 17.5 Å². The topological polar surface area (TPSA) is 58.2 Å². The number of nitrogens with one attached hydrogen (secondary N) is 2. The van der Waals surface area contributed by atoms with Gasteiger partial charge in [0.15, 0.2) is 9.84 Å². The summed E-state index contributed by atoms with van der Waals surface area (Å²) in [7, 11) is -3.11. The lowest BCUT2D eigenvalue weighted by molar-refractivity contribution is 0.365. The molecule has 1 saturated heterocycles. The highest BCUT2D eigenvalue weighted by molar-refractivity contribution is 7.90. The van der Waals surface area contributed by atoms with Crippen LogP contribution in [0.2, 0.25) is 0 Å². The number of rotatable bonds is 3. The third-order valence-electron chi connectivity index (χ3n) is 3.44. The molecule has 1 aromatic rings. The first-order valence-electron chi connectivity index (χ1n) is 6.18. The van der Waals surface area contributed by atoms with Crippen molar-refractivity contribution < 1.29 is 8.42 Å². The molecule has 0 radical (unpaired) electrons. The minimum Gasteiger partial charge on any atom is -0.380 e. The SMILES string of the molecule is CC1(Nc2ccc(S(C)(=O)=O)cc2)CCNCC1.Cl. The molecule has 0 amide bonds. The molecule has 0 bridgehead atoms. The fourth-order valence-electron chi connectivity index (χ4n) is 2.24.